The van der Waals surface area contributed by atoms with Gasteiger partial charge < -0.3 is 18.9 Å². The van der Waals surface area contributed by atoms with Crippen LogP contribution < -0.4 is 9.47 Å². The maximum atomic E-state index is 10.9. The molecule has 0 aliphatic heterocycles. The summed E-state index contributed by atoms with van der Waals surface area (Å²) >= 11 is 0. The smallest absolute Gasteiger partial charge is 0.437 e. The number of rotatable bonds is 3. The van der Waals surface area contributed by atoms with Crippen molar-refractivity contribution >= 4 is 18.6 Å². The summed E-state index contributed by atoms with van der Waals surface area (Å²) in [7, 11) is 2.27. The summed E-state index contributed by atoms with van der Waals surface area (Å²) in [6.07, 6.45) is -1.40. The Hall–Kier alpha value is -2.57. The van der Waals surface area contributed by atoms with Crippen LogP contribution in [0.5, 0.6) is 11.5 Å². The summed E-state index contributed by atoms with van der Waals surface area (Å²) in [5, 5.41) is 0. The monoisotopic (exact) mass is 254 g/mol. The van der Waals surface area contributed by atoms with E-state index in [1.807, 2.05) is 0 Å². The molecule has 0 saturated heterocycles. The second-order valence-electron chi connectivity index (χ2n) is 2.97. The van der Waals surface area contributed by atoms with Gasteiger partial charge in [-0.1, -0.05) is 0 Å². The second-order valence-corrected chi connectivity index (χ2v) is 2.97. The fourth-order valence-electron chi connectivity index (χ4n) is 1.06. The fourth-order valence-corrected chi connectivity index (χ4v) is 1.06. The first-order chi connectivity index (χ1) is 8.58. The molecule has 0 aliphatic rings. The van der Waals surface area contributed by atoms with Crippen molar-refractivity contribution in [2.24, 2.45) is 0 Å². The van der Waals surface area contributed by atoms with Crippen LogP contribution in [0.4, 0.5) is 9.59 Å². The molecule has 0 N–H and O–H groups in total. The summed E-state index contributed by atoms with van der Waals surface area (Å²) in [6, 6.07) is 3.81. The third-order valence-corrected chi connectivity index (χ3v) is 1.77. The molecule has 0 bridgehead atoms. The average Bonchev–Trinajstić information content (AvgIpc) is 2.37. The minimum atomic E-state index is -0.956. The zero-order valence-electron chi connectivity index (χ0n) is 9.67. The topological polar surface area (TPSA) is 88.1 Å². The Balaban J connectivity index is 2.97. The third-order valence-electron chi connectivity index (χ3n) is 1.77. The van der Waals surface area contributed by atoms with Crippen molar-refractivity contribution in [3.8, 4) is 11.5 Å². The number of methoxy groups -OCH3 is 2. The van der Waals surface area contributed by atoms with Gasteiger partial charge in [0.05, 0.1) is 14.2 Å². The predicted molar refractivity (Wildman–Crippen MR) is 57.9 cm³/mol. The van der Waals surface area contributed by atoms with Crippen molar-refractivity contribution in [3.05, 3.63) is 23.8 Å². The van der Waals surface area contributed by atoms with Gasteiger partial charge in [0, 0.05) is 11.6 Å². The highest BCUT2D eigenvalue weighted by atomic mass is 16.7. The van der Waals surface area contributed by atoms with Crippen molar-refractivity contribution in [2.45, 2.75) is 0 Å². The number of aldehydes is 1. The Labute approximate surface area is 102 Å². The molecule has 1 aromatic carbocycles. The van der Waals surface area contributed by atoms with Gasteiger partial charge >= 0.3 is 12.3 Å². The van der Waals surface area contributed by atoms with Gasteiger partial charge in [0.25, 0.3) is 0 Å². The molecule has 0 aliphatic carbocycles. The molecule has 0 amide bonds. The van der Waals surface area contributed by atoms with E-state index in [1.54, 1.807) is 0 Å². The van der Waals surface area contributed by atoms with Crippen LogP contribution in [0.25, 0.3) is 0 Å². The van der Waals surface area contributed by atoms with Crippen LogP contribution in [0, 0.1) is 0 Å². The third kappa shape index (κ3) is 3.78. The fraction of sp³-hybridized carbons (Fsp3) is 0.182. The van der Waals surface area contributed by atoms with Crippen LogP contribution in [-0.4, -0.2) is 32.8 Å². The second kappa shape index (κ2) is 6.24. The number of carbonyl (C=O) groups is 3. The summed E-state index contributed by atoms with van der Waals surface area (Å²) in [4.78, 5) is 32.5. The van der Waals surface area contributed by atoms with E-state index in [0.717, 1.165) is 14.2 Å². The molecule has 0 aromatic heterocycles. The van der Waals surface area contributed by atoms with Crippen LogP contribution in [0.15, 0.2) is 18.2 Å². The number of ether oxygens (including phenoxy) is 4. The summed E-state index contributed by atoms with van der Waals surface area (Å²) in [5.41, 5.74) is 0.162. The molecule has 1 rings (SSSR count). The quantitative estimate of drug-likeness (QED) is 0.461. The van der Waals surface area contributed by atoms with Crippen molar-refractivity contribution in [1.29, 1.82) is 0 Å². The SMILES string of the molecule is COC(=O)Oc1cc(C=O)cc(OC(=O)OC)c1. The Morgan fingerprint density at radius 1 is 0.944 bits per heavy atom. The van der Waals surface area contributed by atoms with Crippen molar-refractivity contribution in [1.82, 2.24) is 0 Å². The molecule has 0 radical (unpaired) electrons. The largest absolute Gasteiger partial charge is 0.513 e. The Bertz CT molecular complexity index is 430. The Morgan fingerprint density at radius 3 is 1.72 bits per heavy atom. The number of hydrogen-bond donors (Lipinski definition) is 0. The van der Waals surface area contributed by atoms with E-state index in [4.69, 9.17) is 9.47 Å². The van der Waals surface area contributed by atoms with Crippen molar-refractivity contribution in [3.63, 3.8) is 0 Å². The molecule has 7 heteroatoms. The summed E-state index contributed by atoms with van der Waals surface area (Å²) < 4.78 is 18.0. The van der Waals surface area contributed by atoms with Gasteiger partial charge in [0.2, 0.25) is 0 Å². The zero-order valence-corrected chi connectivity index (χ0v) is 9.67. The lowest BCUT2D eigenvalue weighted by molar-refractivity contribution is 0.111. The Morgan fingerprint density at radius 2 is 1.39 bits per heavy atom. The lowest BCUT2D eigenvalue weighted by atomic mass is 10.2. The molecule has 7 nitrogen and oxygen atoms in total. The molecule has 0 fully saturated rings. The van der Waals surface area contributed by atoms with Gasteiger partial charge in [-0.15, -0.1) is 0 Å². The standard InChI is InChI=1S/C11H10O7/c1-15-10(13)17-8-3-7(6-12)4-9(5-8)18-11(14)16-2/h3-6H,1-2H3. The summed E-state index contributed by atoms with van der Waals surface area (Å²) in [5.74, 6) is 0.00991. The van der Waals surface area contributed by atoms with E-state index in [-0.39, 0.29) is 17.1 Å². The van der Waals surface area contributed by atoms with E-state index in [9.17, 15) is 14.4 Å². The van der Waals surface area contributed by atoms with Crippen LogP contribution in [0.2, 0.25) is 0 Å². The van der Waals surface area contributed by atoms with Gasteiger partial charge in [0.1, 0.15) is 17.8 Å². The minimum Gasteiger partial charge on any atom is -0.437 e. The van der Waals surface area contributed by atoms with Crippen molar-refractivity contribution in [2.75, 3.05) is 14.2 Å². The number of hydrogen-bond acceptors (Lipinski definition) is 7. The first-order valence-electron chi connectivity index (χ1n) is 4.71. The number of benzene rings is 1. The molecule has 0 unspecified atom stereocenters. The van der Waals surface area contributed by atoms with Crippen LogP contribution >= 0.6 is 0 Å². The maximum Gasteiger partial charge on any atom is 0.513 e. The van der Waals surface area contributed by atoms with E-state index >= 15 is 0 Å². The highest BCUT2D eigenvalue weighted by Gasteiger charge is 2.10. The molecule has 0 spiro atoms. The van der Waals surface area contributed by atoms with E-state index in [2.05, 4.69) is 9.47 Å². The normalized spacial score (nSPS) is 9.22. The molecular formula is C11H10O7. The first-order valence-corrected chi connectivity index (χ1v) is 4.71. The van der Waals surface area contributed by atoms with Crippen molar-refractivity contribution < 1.29 is 33.3 Å². The van der Waals surface area contributed by atoms with E-state index in [0.29, 0.717) is 6.29 Å². The molecule has 0 heterocycles. The Kier molecular flexibility index (Phi) is 4.67. The minimum absolute atomic E-state index is 0.00496. The van der Waals surface area contributed by atoms with Gasteiger partial charge in [0.15, 0.2) is 0 Å². The predicted octanol–water partition coefficient (Wildman–Crippen LogP) is 1.79. The van der Waals surface area contributed by atoms with Crippen LogP contribution in [0.1, 0.15) is 10.4 Å². The van der Waals surface area contributed by atoms with E-state index in [1.165, 1.54) is 18.2 Å². The maximum absolute atomic E-state index is 10.9. The molecule has 96 valence electrons. The van der Waals surface area contributed by atoms with Gasteiger partial charge in [-0.05, 0) is 12.1 Å². The molecule has 18 heavy (non-hydrogen) atoms. The van der Waals surface area contributed by atoms with Gasteiger partial charge in [-0.25, -0.2) is 9.59 Å². The van der Waals surface area contributed by atoms with Gasteiger partial charge in [-0.2, -0.15) is 0 Å². The van der Waals surface area contributed by atoms with E-state index < -0.39 is 12.3 Å². The van der Waals surface area contributed by atoms with Crippen LogP contribution in [-0.2, 0) is 9.47 Å². The first kappa shape index (κ1) is 13.5. The lowest BCUT2D eigenvalue weighted by Crippen LogP contribution is -2.10. The lowest BCUT2D eigenvalue weighted by Gasteiger charge is -2.07. The summed E-state index contributed by atoms with van der Waals surface area (Å²) in [6.45, 7) is 0. The molecule has 0 saturated carbocycles. The average molecular weight is 254 g/mol. The number of carbonyl (C=O) groups excluding carboxylic acids is 3. The molecule has 1 aromatic rings. The highest BCUT2D eigenvalue weighted by molar-refractivity contribution is 5.78. The highest BCUT2D eigenvalue weighted by Crippen LogP contribution is 2.23. The zero-order chi connectivity index (χ0) is 13.5. The van der Waals surface area contributed by atoms with Crippen LogP contribution in [0.3, 0.4) is 0 Å². The molecular weight excluding hydrogens is 244 g/mol. The van der Waals surface area contributed by atoms with Gasteiger partial charge in [-0.3, -0.25) is 4.79 Å². The molecule has 0 atom stereocenters.